The van der Waals surface area contributed by atoms with Crippen LogP contribution in [0.25, 0.3) is 16.6 Å². The van der Waals surface area contributed by atoms with E-state index >= 15 is 0 Å². The number of hydrogen-bond donors (Lipinski definition) is 7. The van der Waals surface area contributed by atoms with Crippen molar-refractivity contribution in [1.29, 1.82) is 0 Å². The zero-order valence-corrected chi connectivity index (χ0v) is 41.1. The molecule has 0 spiro atoms. The summed E-state index contributed by atoms with van der Waals surface area (Å²) in [6.45, 7) is 0.985. The molecule has 1 saturated carbocycles. The van der Waals surface area contributed by atoms with Crippen molar-refractivity contribution in [3.63, 3.8) is 0 Å². The Hall–Kier alpha value is -6.08. The molecule has 5 aliphatic rings. The number of unbranched alkanes of at least 4 members (excludes halogenated alkanes) is 3. The fourth-order valence-corrected chi connectivity index (χ4v) is 13.0. The van der Waals surface area contributed by atoms with Gasteiger partial charge >= 0.3 is 0 Å². The zero-order chi connectivity index (χ0) is 49.3. The average molecular weight is 972 g/mol. The third kappa shape index (κ3) is 9.77. The third-order valence-electron chi connectivity index (χ3n) is 16.6. The van der Waals surface area contributed by atoms with E-state index in [9.17, 15) is 25.5 Å². The Morgan fingerprint density at radius 3 is 2.56 bits per heavy atom. The van der Waals surface area contributed by atoms with Gasteiger partial charge in [0, 0.05) is 47.2 Å². The maximum atomic E-state index is 11.6. The summed E-state index contributed by atoms with van der Waals surface area (Å²) in [5, 5.41) is 59.7. The highest BCUT2D eigenvalue weighted by molar-refractivity contribution is 5.88. The van der Waals surface area contributed by atoms with Crippen molar-refractivity contribution >= 4 is 16.6 Å². The van der Waals surface area contributed by atoms with Gasteiger partial charge in [-0.1, -0.05) is 79.9 Å². The average Bonchev–Trinajstić information content (AvgIpc) is 3.83. The summed E-state index contributed by atoms with van der Waals surface area (Å²) in [4.78, 5) is 0. The van der Waals surface area contributed by atoms with Crippen LogP contribution in [0.2, 0.25) is 0 Å². The molecule has 0 amide bonds. The molecular weight excluding hydrogens is 903 g/mol. The molecule has 7 atom stereocenters. The Kier molecular flexibility index (Phi) is 13.9. The van der Waals surface area contributed by atoms with E-state index in [2.05, 4.69) is 70.8 Å². The van der Waals surface area contributed by atoms with E-state index in [-0.39, 0.29) is 48.1 Å². The topological polar surface area (TPSA) is 172 Å². The van der Waals surface area contributed by atoms with E-state index in [0.717, 1.165) is 109 Å². The van der Waals surface area contributed by atoms with Crippen LogP contribution in [-0.4, -0.2) is 67.8 Å². The Bertz CT molecular complexity index is 3000. The summed E-state index contributed by atoms with van der Waals surface area (Å²) in [6.07, 6.45) is 19.1. The molecule has 11 heteroatoms. The smallest absolute Gasteiger partial charge is 0.161 e. The molecule has 72 heavy (non-hydrogen) atoms. The molecule has 5 aromatic carbocycles. The van der Waals surface area contributed by atoms with E-state index in [0.29, 0.717) is 62.0 Å². The van der Waals surface area contributed by atoms with E-state index in [4.69, 9.17) is 19.9 Å². The van der Waals surface area contributed by atoms with E-state index in [1.807, 2.05) is 30.3 Å². The summed E-state index contributed by atoms with van der Waals surface area (Å²) in [7, 11) is 0. The number of aliphatic hydroxyl groups is 2. The van der Waals surface area contributed by atoms with Crippen LogP contribution in [0.5, 0.6) is 23.0 Å². The molecule has 1 aromatic heterocycles. The van der Waals surface area contributed by atoms with Gasteiger partial charge < -0.3 is 55.4 Å². The molecule has 7 unspecified atom stereocenters. The maximum Gasteiger partial charge on any atom is 0.161 e. The highest BCUT2D eigenvalue weighted by Crippen LogP contribution is 2.60. The van der Waals surface area contributed by atoms with Crippen molar-refractivity contribution in [2.45, 2.75) is 139 Å². The number of aromatic nitrogens is 1. The predicted molar refractivity (Wildman–Crippen MR) is 280 cm³/mol. The molecule has 6 bridgehead atoms. The van der Waals surface area contributed by atoms with Crippen LogP contribution in [0.3, 0.4) is 0 Å². The first-order valence-electron chi connectivity index (χ1n) is 26.4. The van der Waals surface area contributed by atoms with Gasteiger partial charge in [-0.15, -0.1) is 0 Å². The molecule has 8 N–H and O–H groups in total. The molecule has 1 saturated heterocycles. The van der Waals surface area contributed by atoms with Gasteiger partial charge in [0.1, 0.15) is 23.9 Å². The molecule has 2 fully saturated rings. The van der Waals surface area contributed by atoms with E-state index < -0.39 is 12.3 Å². The summed E-state index contributed by atoms with van der Waals surface area (Å²) in [5.74, 6) is 2.51. The van der Waals surface area contributed by atoms with Gasteiger partial charge in [-0.2, -0.15) is 0 Å². The SMILES string of the molecule is NC1C=CC2=C(N1)n1cc3cc(C45CCOC6CCC(CC64)c4ccccc45)cc(c3c1)COc1cc(c(CO)cc1O)CCC(O)CC(CCCCCCc1ccc(O)c(Cc3cccc(O)c3)c1)OC2. The standard InChI is InChI=1S/C61H69N3O8/c62-59-21-17-42-36-71-50(11-4-2-1-3-8-38-14-19-55(68)43(24-38)25-39-9-7-10-48(66)26-39)32-49(67)18-15-40-31-58(56(69)30-45(40)35-65)72-37-46-28-47(27-44-33-64(34-52(44)46)60(42)63-59)61-22-23-70-57-20-16-41(29-54(57)61)51-12-5-6-13-53(51)61/h5-7,9-10,12-14,17,19,21,24,26-28,30-31,33-34,41,49-50,54,57,59,63,65-69H,1-4,8,11,15-16,18,20,22-23,25,29,32,35-37,62H2. The highest BCUT2D eigenvalue weighted by atomic mass is 16.5. The van der Waals surface area contributed by atoms with Crippen LogP contribution in [0.1, 0.15) is 127 Å². The van der Waals surface area contributed by atoms with Crippen LogP contribution in [-0.2, 0) is 47.4 Å². The lowest BCUT2D eigenvalue weighted by Gasteiger charge is -2.56. The molecular formula is C61H69N3O8. The molecule has 2 aliphatic carbocycles. The molecule has 11 nitrogen and oxygen atoms in total. The van der Waals surface area contributed by atoms with Crippen LogP contribution in [0.15, 0.2) is 121 Å². The first-order valence-corrected chi connectivity index (χ1v) is 26.4. The normalized spacial score (nSPS) is 25.0. The molecule has 0 radical (unpaired) electrons. The largest absolute Gasteiger partial charge is 0.508 e. The summed E-state index contributed by atoms with van der Waals surface area (Å²) < 4.78 is 22.2. The van der Waals surface area contributed by atoms with Crippen molar-refractivity contribution in [3.8, 4) is 23.0 Å². The summed E-state index contributed by atoms with van der Waals surface area (Å²) in [6, 6.07) is 30.3. The number of dihydropyridines is 1. The van der Waals surface area contributed by atoms with Gasteiger partial charge in [0.05, 0.1) is 37.7 Å². The molecule has 6 aromatic rings. The minimum absolute atomic E-state index is 0.0312. The second-order valence-corrected chi connectivity index (χ2v) is 21.2. The van der Waals surface area contributed by atoms with E-state index in [1.165, 1.54) is 22.3 Å². The van der Waals surface area contributed by atoms with Gasteiger partial charge in [-0.3, -0.25) is 0 Å². The van der Waals surface area contributed by atoms with Crippen molar-refractivity contribution in [3.05, 3.63) is 171 Å². The Balaban J connectivity index is 0.880. The Morgan fingerprint density at radius 2 is 1.67 bits per heavy atom. The molecule has 11 rings (SSSR count). The number of aromatic hydroxyl groups is 3. The first kappa shape index (κ1) is 48.2. The fourth-order valence-electron chi connectivity index (χ4n) is 13.0. The number of phenolic OH excluding ortho intramolecular Hbond substituents is 3. The monoisotopic (exact) mass is 972 g/mol. The van der Waals surface area contributed by atoms with Crippen LogP contribution >= 0.6 is 0 Å². The molecule has 4 heterocycles. The third-order valence-corrected chi connectivity index (χ3v) is 16.6. The number of nitrogens with zero attached hydrogens (tertiary/aromatic N) is 1. The maximum absolute atomic E-state index is 11.6. The number of fused-ring (bicyclic) bond motifs is 8. The zero-order valence-electron chi connectivity index (χ0n) is 41.1. The number of benzene rings is 5. The number of nitrogens with one attached hydrogen (secondary N) is 1. The lowest BCUT2D eigenvalue weighted by atomic mass is 9.51. The van der Waals surface area contributed by atoms with Crippen molar-refractivity contribution in [2.75, 3.05) is 13.2 Å². The van der Waals surface area contributed by atoms with Crippen LogP contribution < -0.4 is 15.8 Å². The first-order chi connectivity index (χ1) is 35.1. The van der Waals surface area contributed by atoms with Gasteiger partial charge in [0.15, 0.2) is 11.5 Å². The number of hydrogen-bond acceptors (Lipinski definition) is 10. The Morgan fingerprint density at radius 1 is 0.778 bits per heavy atom. The summed E-state index contributed by atoms with van der Waals surface area (Å²) >= 11 is 0. The van der Waals surface area contributed by atoms with Crippen molar-refractivity contribution < 1.29 is 39.7 Å². The van der Waals surface area contributed by atoms with Gasteiger partial charge in [-0.25, -0.2) is 0 Å². The highest BCUT2D eigenvalue weighted by Gasteiger charge is 2.55. The minimum atomic E-state index is -0.666. The lowest BCUT2D eigenvalue weighted by molar-refractivity contribution is -0.0894. The molecule has 376 valence electrons. The van der Waals surface area contributed by atoms with Gasteiger partial charge in [-0.05, 0) is 169 Å². The van der Waals surface area contributed by atoms with Crippen LogP contribution in [0, 0.1) is 5.92 Å². The number of nitrogens with two attached hydrogens (primary N) is 1. The predicted octanol–water partition coefficient (Wildman–Crippen LogP) is 10.3. The van der Waals surface area contributed by atoms with Crippen LogP contribution in [0.4, 0.5) is 0 Å². The lowest BCUT2D eigenvalue weighted by Crippen LogP contribution is -2.54. The quantitative estimate of drug-likeness (QED) is 0.0620. The van der Waals surface area contributed by atoms with Gasteiger partial charge in [0.25, 0.3) is 0 Å². The summed E-state index contributed by atoms with van der Waals surface area (Å²) in [5.41, 5.74) is 16.9. The second kappa shape index (κ2) is 20.8. The second-order valence-electron chi connectivity index (χ2n) is 21.2. The number of ether oxygens (including phenoxy) is 3. The molecule has 3 aliphatic heterocycles. The van der Waals surface area contributed by atoms with Crippen molar-refractivity contribution in [1.82, 2.24) is 9.88 Å². The van der Waals surface area contributed by atoms with E-state index in [1.54, 1.807) is 24.3 Å². The number of aryl methyl sites for hydroxylation is 2. The number of phenols is 3. The van der Waals surface area contributed by atoms with Gasteiger partial charge in [0.2, 0.25) is 0 Å². The number of aliphatic hydroxyl groups excluding tert-OH is 2. The minimum Gasteiger partial charge on any atom is -0.508 e. The number of rotatable bonds is 11. The Labute approximate surface area is 422 Å². The fraction of sp³-hybridized carbons (Fsp3) is 0.410. The van der Waals surface area contributed by atoms with Crippen molar-refractivity contribution in [2.24, 2.45) is 11.7 Å².